The molecule has 1 aromatic carbocycles. The first-order valence-electron chi connectivity index (χ1n) is 5.83. The van der Waals surface area contributed by atoms with Crippen LogP contribution in [0.2, 0.25) is 0 Å². The zero-order valence-corrected chi connectivity index (χ0v) is 11.9. The van der Waals surface area contributed by atoms with Crippen molar-refractivity contribution in [2.75, 3.05) is 19.5 Å². The standard InChI is InChI=1S/C14H21NO3/c1-9-7-10(2)12(11(8-9)17-5)15-14(3,4)13(16)18-6/h7-8,15H,1-6H3. The summed E-state index contributed by atoms with van der Waals surface area (Å²) in [5, 5.41) is 3.18. The Morgan fingerprint density at radius 3 is 2.33 bits per heavy atom. The Kier molecular flexibility index (Phi) is 4.22. The third-order valence-electron chi connectivity index (χ3n) is 2.80. The Morgan fingerprint density at radius 1 is 1.22 bits per heavy atom. The van der Waals surface area contributed by atoms with Gasteiger partial charge in [0.25, 0.3) is 0 Å². The van der Waals surface area contributed by atoms with Crippen LogP contribution in [0.1, 0.15) is 25.0 Å². The van der Waals surface area contributed by atoms with Gasteiger partial charge in [-0.1, -0.05) is 6.07 Å². The summed E-state index contributed by atoms with van der Waals surface area (Å²) in [6.07, 6.45) is 0. The fourth-order valence-corrected chi connectivity index (χ4v) is 1.87. The minimum atomic E-state index is -0.804. The highest BCUT2D eigenvalue weighted by atomic mass is 16.5. The van der Waals surface area contributed by atoms with Crippen LogP contribution in [0.4, 0.5) is 5.69 Å². The normalized spacial score (nSPS) is 11.0. The Bertz CT molecular complexity index is 453. The SMILES string of the molecule is COC(=O)C(C)(C)Nc1c(C)cc(C)cc1OC. The molecule has 18 heavy (non-hydrogen) atoms. The van der Waals surface area contributed by atoms with E-state index in [0.717, 1.165) is 22.6 Å². The fraction of sp³-hybridized carbons (Fsp3) is 0.500. The van der Waals surface area contributed by atoms with Gasteiger partial charge in [0.1, 0.15) is 11.3 Å². The molecular weight excluding hydrogens is 230 g/mol. The number of carbonyl (C=O) groups is 1. The zero-order valence-electron chi connectivity index (χ0n) is 11.9. The maximum Gasteiger partial charge on any atom is 0.330 e. The Labute approximate surface area is 108 Å². The molecule has 0 spiro atoms. The average Bonchev–Trinajstić information content (AvgIpc) is 2.30. The van der Waals surface area contributed by atoms with E-state index in [1.54, 1.807) is 21.0 Å². The van der Waals surface area contributed by atoms with Crippen LogP contribution >= 0.6 is 0 Å². The van der Waals surface area contributed by atoms with Gasteiger partial charge in [-0.25, -0.2) is 4.79 Å². The summed E-state index contributed by atoms with van der Waals surface area (Å²) in [5.41, 5.74) is 2.16. The van der Waals surface area contributed by atoms with Crippen molar-refractivity contribution in [3.05, 3.63) is 23.3 Å². The Balaban J connectivity index is 3.15. The van der Waals surface area contributed by atoms with Gasteiger partial charge in [-0.2, -0.15) is 0 Å². The average molecular weight is 251 g/mol. The minimum absolute atomic E-state index is 0.315. The fourth-order valence-electron chi connectivity index (χ4n) is 1.87. The van der Waals surface area contributed by atoms with Crippen LogP contribution in [0.5, 0.6) is 5.75 Å². The zero-order chi connectivity index (χ0) is 13.9. The van der Waals surface area contributed by atoms with Crippen LogP contribution in [0.25, 0.3) is 0 Å². The lowest BCUT2D eigenvalue weighted by atomic mass is 10.0. The van der Waals surface area contributed by atoms with E-state index in [2.05, 4.69) is 5.32 Å². The number of aryl methyl sites for hydroxylation is 2. The van der Waals surface area contributed by atoms with Gasteiger partial charge in [0.05, 0.1) is 19.9 Å². The second-order valence-electron chi connectivity index (χ2n) is 4.90. The molecule has 1 N–H and O–H groups in total. The van der Waals surface area contributed by atoms with Gasteiger partial charge in [0.2, 0.25) is 0 Å². The molecule has 1 rings (SSSR count). The predicted molar refractivity (Wildman–Crippen MR) is 72.2 cm³/mol. The summed E-state index contributed by atoms with van der Waals surface area (Å²) < 4.78 is 10.1. The quantitative estimate of drug-likeness (QED) is 0.836. The van der Waals surface area contributed by atoms with Gasteiger partial charge in [-0.05, 0) is 44.9 Å². The van der Waals surface area contributed by atoms with E-state index in [-0.39, 0.29) is 5.97 Å². The van der Waals surface area contributed by atoms with E-state index < -0.39 is 5.54 Å². The molecular formula is C14H21NO3. The molecule has 0 saturated heterocycles. The Morgan fingerprint density at radius 2 is 1.83 bits per heavy atom. The number of rotatable bonds is 4. The van der Waals surface area contributed by atoms with Gasteiger partial charge in [-0.3, -0.25) is 0 Å². The van der Waals surface area contributed by atoms with Crippen LogP contribution in [0.15, 0.2) is 12.1 Å². The predicted octanol–water partition coefficient (Wildman–Crippen LogP) is 2.68. The molecule has 100 valence electrons. The molecule has 0 heterocycles. The van der Waals surface area contributed by atoms with Crippen molar-refractivity contribution in [2.45, 2.75) is 33.2 Å². The van der Waals surface area contributed by atoms with Crippen LogP contribution in [-0.4, -0.2) is 25.7 Å². The van der Waals surface area contributed by atoms with E-state index >= 15 is 0 Å². The molecule has 0 aliphatic carbocycles. The van der Waals surface area contributed by atoms with Crippen molar-refractivity contribution < 1.29 is 14.3 Å². The van der Waals surface area contributed by atoms with E-state index in [0.29, 0.717) is 0 Å². The summed E-state index contributed by atoms with van der Waals surface area (Å²) in [6, 6.07) is 3.97. The third kappa shape index (κ3) is 2.94. The molecule has 0 aliphatic rings. The maximum absolute atomic E-state index is 11.7. The minimum Gasteiger partial charge on any atom is -0.495 e. The lowest BCUT2D eigenvalue weighted by molar-refractivity contribution is -0.144. The number of anilines is 1. The van der Waals surface area contributed by atoms with E-state index in [9.17, 15) is 4.79 Å². The lowest BCUT2D eigenvalue weighted by Gasteiger charge is -2.26. The van der Waals surface area contributed by atoms with Crippen molar-refractivity contribution >= 4 is 11.7 Å². The number of nitrogens with one attached hydrogen (secondary N) is 1. The van der Waals surface area contributed by atoms with Crippen molar-refractivity contribution in [3.8, 4) is 5.75 Å². The number of ether oxygens (including phenoxy) is 2. The number of hydrogen-bond donors (Lipinski definition) is 1. The van der Waals surface area contributed by atoms with Crippen molar-refractivity contribution in [1.29, 1.82) is 0 Å². The van der Waals surface area contributed by atoms with E-state index in [4.69, 9.17) is 9.47 Å². The van der Waals surface area contributed by atoms with Crippen molar-refractivity contribution in [3.63, 3.8) is 0 Å². The van der Waals surface area contributed by atoms with Crippen LogP contribution in [0.3, 0.4) is 0 Å². The first kappa shape index (κ1) is 14.4. The molecule has 1 aromatic rings. The number of methoxy groups -OCH3 is 2. The number of hydrogen-bond acceptors (Lipinski definition) is 4. The smallest absolute Gasteiger partial charge is 0.330 e. The number of benzene rings is 1. The first-order chi connectivity index (χ1) is 8.31. The summed E-state index contributed by atoms with van der Waals surface area (Å²) >= 11 is 0. The summed E-state index contributed by atoms with van der Waals surface area (Å²) in [5.74, 6) is 0.411. The molecule has 0 radical (unpaired) electrons. The molecule has 0 aliphatic heterocycles. The first-order valence-corrected chi connectivity index (χ1v) is 5.83. The maximum atomic E-state index is 11.7. The van der Waals surface area contributed by atoms with Crippen LogP contribution < -0.4 is 10.1 Å². The second-order valence-corrected chi connectivity index (χ2v) is 4.90. The van der Waals surface area contributed by atoms with Crippen LogP contribution in [0, 0.1) is 13.8 Å². The number of carbonyl (C=O) groups excluding carboxylic acids is 1. The molecule has 0 atom stereocenters. The lowest BCUT2D eigenvalue weighted by Crippen LogP contribution is -2.41. The van der Waals surface area contributed by atoms with Gasteiger partial charge in [0.15, 0.2) is 0 Å². The van der Waals surface area contributed by atoms with Gasteiger partial charge in [0, 0.05) is 0 Å². The van der Waals surface area contributed by atoms with E-state index in [1.807, 2.05) is 26.0 Å². The molecule has 0 bridgehead atoms. The summed E-state index contributed by atoms with van der Waals surface area (Å²) in [4.78, 5) is 11.7. The van der Waals surface area contributed by atoms with Gasteiger partial charge >= 0.3 is 5.97 Å². The molecule has 4 nitrogen and oxygen atoms in total. The largest absolute Gasteiger partial charge is 0.495 e. The summed E-state index contributed by atoms with van der Waals surface area (Å²) in [6.45, 7) is 7.53. The van der Waals surface area contributed by atoms with Crippen LogP contribution in [-0.2, 0) is 9.53 Å². The molecule has 0 saturated carbocycles. The highest BCUT2D eigenvalue weighted by Gasteiger charge is 2.30. The monoisotopic (exact) mass is 251 g/mol. The molecule has 4 heteroatoms. The topological polar surface area (TPSA) is 47.6 Å². The highest BCUT2D eigenvalue weighted by Crippen LogP contribution is 2.32. The summed E-state index contributed by atoms with van der Waals surface area (Å²) in [7, 11) is 3.00. The second kappa shape index (κ2) is 5.29. The molecule has 0 unspecified atom stereocenters. The van der Waals surface area contributed by atoms with Crippen molar-refractivity contribution in [1.82, 2.24) is 0 Å². The van der Waals surface area contributed by atoms with E-state index in [1.165, 1.54) is 7.11 Å². The molecule has 0 fully saturated rings. The molecule has 0 aromatic heterocycles. The third-order valence-corrected chi connectivity index (χ3v) is 2.80. The van der Waals surface area contributed by atoms with Crippen molar-refractivity contribution in [2.24, 2.45) is 0 Å². The Hall–Kier alpha value is -1.71. The number of esters is 1. The molecule has 0 amide bonds. The van der Waals surface area contributed by atoms with Gasteiger partial charge in [-0.15, -0.1) is 0 Å². The highest BCUT2D eigenvalue weighted by molar-refractivity contribution is 5.84. The van der Waals surface area contributed by atoms with Gasteiger partial charge < -0.3 is 14.8 Å².